The molecule has 0 unspecified atom stereocenters. The lowest BCUT2D eigenvalue weighted by atomic mass is 10.1. The van der Waals surface area contributed by atoms with Crippen LogP contribution in [0, 0.1) is 11.6 Å². The van der Waals surface area contributed by atoms with Gasteiger partial charge in [-0.3, -0.25) is 0 Å². The average Bonchev–Trinajstić information content (AvgIpc) is 2.49. The molecule has 1 aliphatic heterocycles. The minimum atomic E-state index is -3.66. The van der Waals surface area contributed by atoms with Crippen molar-refractivity contribution < 1.29 is 21.9 Å². The van der Waals surface area contributed by atoms with Crippen molar-refractivity contribution >= 4 is 10.2 Å². The van der Waals surface area contributed by atoms with E-state index in [1.54, 1.807) is 6.92 Å². The van der Waals surface area contributed by atoms with Crippen LogP contribution < -0.4 is 0 Å². The summed E-state index contributed by atoms with van der Waals surface area (Å²) in [6.07, 6.45) is 0. The molecule has 0 bridgehead atoms. The predicted octanol–water partition coefficient (Wildman–Crippen LogP) is 1.53. The van der Waals surface area contributed by atoms with Crippen LogP contribution in [0.25, 0.3) is 0 Å². The number of benzene rings is 1. The summed E-state index contributed by atoms with van der Waals surface area (Å²) in [6, 6.07) is 2.80. The Kier molecular flexibility index (Phi) is 4.92. The Balaban J connectivity index is 2.20. The summed E-state index contributed by atoms with van der Waals surface area (Å²) in [7, 11) is -2.23. The number of hydrogen-bond acceptors (Lipinski definition) is 3. The third-order valence-corrected chi connectivity index (χ3v) is 5.69. The zero-order chi connectivity index (χ0) is 15.6. The minimum absolute atomic E-state index is 0.289. The highest BCUT2D eigenvalue weighted by Crippen LogP contribution is 2.25. The van der Waals surface area contributed by atoms with Gasteiger partial charge in [0.25, 0.3) is 10.2 Å². The second-order valence-corrected chi connectivity index (χ2v) is 6.87. The van der Waals surface area contributed by atoms with E-state index in [4.69, 9.17) is 4.74 Å². The SMILES string of the molecule is C[C@H](c1ccc(F)c(F)c1)N(C)S(=O)(=O)N1CCOCC1. The van der Waals surface area contributed by atoms with Gasteiger partial charge in [-0.2, -0.15) is 17.0 Å². The van der Waals surface area contributed by atoms with Gasteiger partial charge in [-0.15, -0.1) is 0 Å². The lowest BCUT2D eigenvalue weighted by Crippen LogP contribution is -2.47. The first kappa shape index (κ1) is 16.3. The Morgan fingerprint density at radius 3 is 2.43 bits per heavy atom. The van der Waals surface area contributed by atoms with Gasteiger partial charge in [-0.05, 0) is 24.6 Å². The summed E-state index contributed by atoms with van der Waals surface area (Å²) in [6.45, 7) is 2.91. The molecule has 1 aliphatic rings. The van der Waals surface area contributed by atoms with Crippen LogP contribution in [0.15, 0.2) is 18.2 Å². The third-order valence-electron chi connectivity index (χ3n) is 3.63. The lowest BCUT2D eigenvalue weighted by molar-refractivity contribution is 0.0700. The van der Waals surface area contributed by atoms with E-state index in [2.05, 4.69) is 0 Å². The van der Waals surface area contributed by atoms with E-state index >= 15 is 0 Å². The summed E-state index contributed by atoms with van der Waals surface area (Å²) in [5, 5.41) is 0. The van der Waals surface area contributed by atoms with Gasteiger partial charge in [-0.25, -0.2) is 8.78 Å². The maximum Gasteiger partial charge on any atom is 0.282 e. The molecule has 5 nitrogen and oxygen atoms in total. The Bertz CT molecular complexity index is 603. The first-order chi connectivity index (χ1) is 9.84. The average molecular weight is 320 g/mol. The third kappa shape index (κ3) is 3.39. The fraction of sp³-hybridized carbons (Fsp3) is 0.538. The van der Waals surface area contributed by atoms with Crippen LogP contribution in [0.4, 0.5) is 8.78 Å². The van der Waals surface area contributed by atoms with Crippen LogP contribution in [0.1, 0.15) is 18.5 Å². The van der Waals surface area contributed by atoms with Gasteiger partial charge in [0.2, 0.25) is 0 Å². The maximum atomic E-state index is 13.3. The fourth-order valence-corrected chi connectivity index (χ4v) is 3.64. The van der Waals surface area contributed by atoms with Crippen molar-refractivity contribution in [3.8, 4) is 0 Å². The smallest absolute Gasteiger partial charge is 0.282 e. The normalized spacial score (nSPS) is 18.9. The fourth-order valence-electron chi connectivity index (χ4n) is 2.14. The van der Waals surface area contributed by atoms with E-state index in [0.29, 0.717) is 18.8 Å². The Hall–Kier alpha value is -1.09. The highest BCUT2D eigenvalue weighted by atomic mass is 32.2. The second kappa shape index (κ2) is 6.35. The molecule has 1 fully saturated rings. The quantitative estimate of drug-likeness (QED) is 0.845. The van der Waals surface area contributed by atoms with Crippen molar-refractivity contribution in [2.24, 2.45) is 0 Å². The van der Waals surface area contributed by atoms with Crippen LogP contribution in [-0.4, -0.2) is 50.4 Å². The Labute approximate surface area is 123 Å². The molecular weight excluding hydrogens is 302 g/mol. The molecule has 0 amide bonds. The van der Waals surface area contributed by atoms with Gasteiger partial charge >= 0.3 is 0 Å². The topological polar surface area (TPSA) is 49.9 Å². The zero-order valence-electron chi connectivity index (χ0n) is 11.9. The standard InChI is InChI=1S/C13H18F2N2O3S/c1-10(11-3-4-12(14)13(15)9-11)16(2)21(18,19)17-5-7-20-8-6-17/h3-4,9-10H,5-8H2,1-2H3/t10-/m1/s1. The molecular formula is C13H18F2N2O3S. The monoisotopic (exact) mass is 320 g/mol. The minimum Gasteiger partial charge on any atom is -0.379 e. The predicted molar refractivity (Wildman–Crippen MR) is 73.8 cm³/mol. The van der Waals surface area contributed by atoms with Crippen LogP contribution in [0.5, 0.6) is 0 Å². The molecule has 1 saturated heterocycles. The number of ether oxygens (including phenoxy) is 1. The van der Waals surface area contributed by atoms with Crippen molar-refractivity contribution in [1.29, 1.82) is 0 Å². The highest BCUT2D eigenvalue weighted by Gasteiger charge is 2.32. The van der Waals surface area contributed by atoms with E-state index in [0.717, 1.165) is 16.4 Å². The number of hydrogen-bond donors (Lipinski definition) is 0. The maximum absolute atomic E-state index is 13.3. The van der Waals surface area contributed by atoms with Gasteiger partial charge < -0.3 is 4.74 Å². The molecule has 0 aliphatic carbocycles. The molecule has 21 heavy (non-hydrogen) atoms. The Morgan fingerprint density at radius 1 is 1.24 bits per heavy atom. The molecule has 0 aromatic heterocycles. The largest absolute Gasteiger partial charge is 0.379 e. The molecule has 0 radical (unpaired) electrons. The van der Waals surface area contributed by atoms with Crippen LogP contribution in [0.3, 0.4) is 0 Å². The van der Waals surface area contributed by atoms with Gasteiger partial charge in [0.05, 0.1) is 13.2 Å². The van der Waals surface area contributed by atoms with E-state index < -0.39 is 27.9 Å². The number of rotatable bonds is 4. The molecule has 8 heteroatoms. The van der Waals surface area contributed by atoms with Crippen molar-refractivity contribution in [2.45, 2.75) is 13.0 Å². The van der Waals surface area contributed by atoms with Crippen molar-refractivity contribution in [3.63, 3.8) is 0 Å². The van der Waals surface area contributed by atoms with Crippen LogP contribution in [0.2, 0.25) is 0 Å². The van der Waals surface area contributed by atoms with Gasteiger partial charge in [0.1, 0.15) is 0 Å². The van der Waals surface area contributed by atoms with Crippen molar-refractivity contribution in [3.05, 3.63) is 35.4 Å². The first-order valence-electron chi connectivity index (χ1n) is 6.60. The van der Waals surface area contributed by atoms with Crippen molar-refractivity contribution in [2.75, 3.05) is 33.4 Å². The molecule has 1 atom stereocenters. The van der Waals surface area contributed by atoms with Gasteiger partial charge in [0.15, 0.2) is 11.6 Å². The molecule has 1 aromatic rings. The molecule has 1 heterocycles. The highest BCUT2D eigenvalue weighted by molar-refractivity contribution is 7.86. The first-order valence-corrected chi connectivity index (χ1v) is 7.99. The molecule has 118 valence electrons. The summed E-state index contributed by atoms with van der Waals surface area (Å²) in [5.41, 5.74) is 0.397. The van der Waals surface area contributed by atoms with Gasteiger partial charge in [0, 0.05) is 26.2 Å². The van der Waals surface area contributed by atoms with E-state index in [-0.39, 0.29) is 13.1 Å². The van der Waals surface area contributed by atoms with E-state index in [9.17, 15) is 17.2 Å². The summed E-state index contributed by atoms with van der Waals surface area (Å²) < 4.78 is 58.8. The summed E-state index contributed by atoms with van der Waals surface area (Å²) in [4.78, 5) is 0. The molecule has 0 N–H and O–H groups in total. The van der Waals surface area contributed by atoms with Crippen LogP contribution in [-0.2, 0) is 14.9 Å². The van der Waals surface area contributed by atoms with Gasteiger partial charge in [-0.1, -0.05) is 6.07 Å². The van der Waals surface area contributed by atoms with Crippen LogP contribution >= 0.6 is 0 Å². The number of morpholine rings is 1. The number of halogens is 2. The molecule has 2 rings (SSSR count). The molecule has 0 spiro atoms. The zero-order valence-corrected chi connectivity index (χ0v) is 12.7. The Morgan fingerprint density at radius 2 is 1.86 bits per heavy atom. The van der Waals surface area contributed by atoms with E-state index in [1.165, 1.54) is 17.4 Å². The lowest BCUT2D eigenvalue weighted by Gasteiger charge is -2.33. The van der Waals surface area contributed by atoms with E-state index in [1.807, 2.05) is 0 Å². The molecule has 0 saturated carbocycles. The number of nitrogens with zero attached hydrogens (tertiary/aromatic N) is 2. The summed E-state index contributed by atoms with van der Waals surface area (Å²) >= 11 is 0. The second-order valence-electron chi connectivity index (χ2n) is 4.88. The van der Waals surface area contributed by atoms with Crippen molar-refractivity contribution in [1.82, 2.24) is 8.61 Å². The summed E-state index contributed by atoms with van der Waals surface area (Å²) in [5.74, 6) is -1.94. The molecule has 1 aromatic carbocycles.